The third-order valence-corrected chi connectivity index (χ3v) is 4.42. The van der Waals surface area contributed by atoms with Crippen LogP contribution >= 0.6 is 0 Å². The number of carbonyl (C=O) groups excluding carboxylic acids is 3. The third kappa shape index (κ3) is 5.05. The zero-order valence-corrected chi connectivity index (χ0v) is 14.8. The second-order valence-electron chi connectivity index (χ2n) is 6.13. The molecule has 1 aromatic rings. The molecule has 1 amide bonds. The van der Waals surface area contributed by atoms with Crippen LogP contribution in [-0.2, 0) is 14.3 Å². The lowest BCUT2D eigenvalue weighted by Gasteiger charge is -2.19. The largest absolute Gasteiger partial charge is 0.465 e. The summed E-state index contributed by atoms with van der Waals surface area (Å²) < 4.78 is 9.91. The molecule has 0 radical (unpaired) electrons. The maximum absolute atomic E-state index is 12.4. The highest BCUT2D eigenvalue weighted by Gasteiger charge is 2.28. The van der Waals surface area contributed by atoms with Crippen molar-refractivity contribution in [3.63, 3.8) is 0 Å². The van der Waals surface area contributed by atoms with Crippen LogP contribution in [-0.4, -0.2) is 49.6 Å². The Balaban J connectivity index is 2.00. The van der Waals surface area contributed by atoms with E-state index in [1.54, 1.807) is 29.2 Å². The summed E-state index contributed by atoms with van der Waals surface area (Å²) in [6, 6.07) is 6.89. The average Bonchev–Trinajstić information content (AvgIpc) is 2.83. The van der Waals surface area contributed by atoms with Crippen molar-refractivity contribution in [2.45, 2.75) is 38.5 Å². The molecule has 0 N–H and O–H groups in total. The van der Waals surface area contributed by atoms with Gasteiger partial charge < -0.3 is 14.4 Å². The minimum absolute atomic E-state index is 0.106. The van der Waals surface area contributed by atoms with Crippen molar-refractivity contribution in [2.24, 2.45) is 0 Å². The second-order valence-corrected chi connectivity index (χ2v) is 6.13. The number of carbonyl (C=O) groups is 3. The molecule has 0 saturated carbocycles. The Labute approximate surface area is 148 Å². The van der Waals surface area contributed by atoms with Gasteiger partial charge in [0.2, 0.25) is 0 Å². The lowest BCUT2D eigenvalue weighted by Crippen LogP contribution is -2.32. The molecule has 6 nitrogen and oxygen atoms in total. The van der Waals surface area contributed by atoms with Crippen LogP contribution in [0.15, 0.2) is 24.3 Å². The highest BCUT2D eigenvalue weighted by Crippen LogP contribution is 2.26. The highest BCUT2D eigenvalue weighted by molar-refractivity contribution is 5.90. The molecule has 2 rings (SSSR count). The molecule has 0 spiro atoms. The van der Waals surface area contributed by atoms with Crippen molar-refractivity contribution in [3.05, 3.63) is 35.4 Å². The van der Waals surface area contributed by atoms with E-state index in [9.17, 15) is 14.4 Å². The monoisotopic (exact) mass is 347 g/mol. The van der Waals surface area contributed by atoms with Crippen molar-refractivity contribution in [1.82, 2.24) is 4.90 Å². The quantitative estimate of drug-likeness (QED) is 0.604. The first kappa shape index (κ1) is 19.0. The Kier molecular flexibility index (Phi) is 6.98. The topological polar surface area (TPSA) is 72.9 Å². The van der Waals surface area contributed by atoms with Gasteiger partial charge in [0.1, 0.15) is 5.78 Å². The van der Waals surface area contributed by atoms with E-state index in [1.165, 1.54) is 7.11 Å². The molecule has 0 bridgehead atoms. The Morgan fingerprint density at radius 2 is 1.92 bits per heavy atom. The minimum Gasteiger partial charge on any atom is -0.465 e. The number of hydrogen-bond acceptors (Lipinski definition) is 5. The van der Waals surface area contributed by atoms with Gasteiger partial charge in [-0.2, -0.15) is 0 Å². The molecule has 136 valence electrons. The number of likely N-dealkylation sites (tertiary alicyclic amines) is 1. The summed E-state index contributed by atoms with van der Waals surface area (Å²) in [5, 5.41) is 0. The third-order valence-electron chi connectivity index (χ3n) is 4.42. The van der Waals surface area contributed by atoms with Gasteiger partial charge in [0.05, 0.1) is 19.3 Å². The normalized spacial score (nSPS) is 17.8. The number of rotatable bonds is 5. The van der Waals surface area contributed by atoms with Gasteiger partial charge in [-0.25, -0.2) is 9.59 Å². The highest BCUT2D eigenvalue weighted by atomic mass is 16.6. The van der Waals surface area contributed by atoms with E-state index in [-0.39, 0.29) is 17.8 Å². The van der Waals surface area contributed by atoms with E-state index in [4.69, 9.17) is 4.74 Å². The summed E-state index contributed by atoms with van der Waals surface area (Å²) in [7, 11) is 1.33. The maximum Gasteiger partial charge on any atom is 0.409 e. The first-order chi connectivity index (χ1) is 12.1. The van der Waals surface area contributed by atoms with Crippen LogP contribution in [0.4, 0.5) is 4.79 Å². The van der Waals surface area contributed by atoms with Crippen LogP contribution in [0.25, 0.3) is 0 Å². The van der Waals surface area contributed by atoms with E-state index in [0.717, 1.165) is 18.4 Å². The van der Waals surface area contributed by atoms with Gasteiger partial charge >= 0.3 is 12.1 Å². The summed E-state index contributed by atoms with van der Waals surface area (Å²) in [5.74, 6) is -0.561. The summed E-state index contributed by atoms with van der Waals surface area (Å²) in [5.41, 5.74) is 1.31. The molecule has 1 heterocycles. The Bertz CT molecular complexity index is 611. The maximum atomic E-state index is 12.4. The number of unbranched alkanes of at least 4 members (excludes halogenated alkanes) is 1. The van der Waals surface area contributed by atoms with Crippen molar-refractivity contribution in [3.8, 4) is 0 Å². The molecule has 25 heavy (non-hydrogen) atoms. The molecule has 1 aliphatic heterocycles. The molecule has 0 aromatic heterocycles. The molecule has 0 aliphatic carbocycles. The fourth-order valence-electron chi connectivity index (χ4n) is 2.88. The van der Waals surface area contributed by atoms with Crippen LogP contribution < -0.4 is 0 Å². The summed E-state index contributed by atoms with van der Waals surface area (Å²) in [6.45, 7) is 3.33. The van der Waals surface area contributed by atoms with Crippen molar-refractivity contribution >= 4 is 17.8 Å². The predicted octanol–water partition coefficient (Wildman–Crippen LogP) is 3.16. The molecule has 1 aliphatic rings. The predicted molar refractivity (Wildman–Crippen MR) is 92.6 cm³/mol. The summed E-state index contributed by atoms with van der Waals surface area (Å²) >= 11 is 0. The Morgan fingerprint density at radius 1 is 1.20 bits per heavy atom. The smallest absolute Gasteiger partial charge is 0.409 e. The zero-order valence-electron chi connectivity index (χ0n) is 14.8. The van der Waals surface area contributed by atoms with E-state index in [2.05, 4.69) is 4.74 Å². The van der Waals surface area contributed by atoms with Gasteiger partial charge in [0, 0.05) is 25.4 Å². The van der Waals surface area contributed by atoms with E-state index >= 15 is 0 Å². The van der Waals surface area contributed by atoms with Gasteiger partial charge in [-0.05, 0) is 30.5 Å². The number of methoxy groups -OCH3 is 1. The van der Waals surface area contributed by atoms with E-state index in [0.29, 0.717) is 38.1 Å². The lowest BCUT2D eigenvalue weighted by atomic mass is 9.90. The Hall–Kier alpha value is -2.37. The number of hydrogen-bond donors (Lipinski definition) is 0. The van der Waals surface area contributed by atoms with Gasteiger partial charge in [-0.15, -0.1) is 0 Å². The van der Waals surface area contributed by atoms with Gasteiger partial charge in [-0.1, -0.05) is 25.5 Å². The second kappa shape index (κ2) is 9.20. The van der Waals surface area contributed by atoms with Gasteiger partial charge in [0.15, 0.2) is 0 Å². The van der Waals surface area contributed by atoms with Crippen LogP contribution in [0.5, 0.6) is 0 Å². The van der Waals surface area contributed by atoms with Crippen molar-refractivity contribution in [2.75, 3.05) is 26.8 Å². The number of benzene rings is 1. The fraction of sp³-hybridized carbons (Fsp3) is 0.526. The van der Waals surface area contributed by atoms with Crippen LogP contribution in [0, 0.1) is 0 Å². The van der Waals surface area contributed by atoms with Crippen LogP contribution in [0.2, 0.25) is 0 Å². The fourth-order valence-corrected chi connectivity index (χ4v) is 2.88. The van der Waals surface area contributed by atoms with Gasteiger partial charge in [-0.3, -0.25) is 4.79 Å². The average molecular weight is 347 g/mol. The standard InChI is InChI=1S/C19H25NO5/c1-3-4-13-25-19(23)20-11-9-16(17(21)10-12-20)14-5-7-15(8-6-14)18(22)24-2/h5-8,16H,3-4,9-13H2,1-2H3. The Morgan fingerprint density at radius 3 is 2.56 bits per heavy atom. The van der Waals surface area contributed by atoms with E-state index < -0.39 is 5.97 Å². The van der Waals surface area contributed by atoms with Gasteiger partial charge in [0.25, 0.3) is 0 Å². The number of ether oxygens (including phenoxy) is 2. The number of amides is 1. The number of nitrogens with zero attached hydrogens (tertiary/aromatic N) is 1. The number of ketones is 1. The lowest BCUT2D eigenvalue weighted by molar-refractivity contribution is -0.120. The molecular weight excluding hydrogens is 322 g/mol. The molecule has 1 saturated heterocycles. The van der Waals surface area contributed by atoms with E-state index in [1.807, 2.05) is 6.92 Å². The van der Waals surface area contributed by atoms with Crippen LogP contribution in [0.1, 0.15) is 54.4 Å². The zero-order chi connectivity index (χ0) is 18.2. The minimum atomic E-state index is -0.403. The van der Waals surface area contributed by atoms with Crippen LogP contribution in [0.3, 0.4) is 0 Å². The van der Waals surface area contributed by atoms with Crippen molar-refractivity contribution in [1.29, 1.82) is 0 Å². The molecular formula is C19H25NO5. The SMILES string of the molecule is CCCCOC(=O)N1CCC(=O)C(c2ccc(C(=O)OC)cc2)CC1. The summed E-state index contributed by atoms with van der Waals surface area (Å²) in [6.07, 6.45) is 2.33. The summed E-state index contributed by atoms with van der Waals surface area (Å²) in [4.78, 5) is 37.6. The molecule has 6 heteroatoms. The molecule has 1 aromatic carbocycles. The first-order valence-corrected chi connectivity index (χ1v) is 8.69. The molecule has 1 fully saturated rings. The molecule has 1 unspecified atom stereocenters. The first-order valence-electron chi connectivity index (χ1n) is 8.69. The van der Waals surface area contributed by atoms with Crippen molar-refractivity contribution < 1.29 is 23.9 Å². The molecule has 1 atom stereocenters. The number of esters is 1. The number of Topliss-reactive ketones (excluding diaryl/α,β-unsaturated/α-hetero) is 1.